The maximum Gasteiger partial charge on any atom is 0.0442 e. The third kappa shape index (κ3) is 5.92. The summed E-state index contributed by atoms with van der Waals surface area (Å²) in [6, 6.07) is 8.43. The van der Waals surface area contributed by atoms with E-state index in [9.17, 15) is 0 Å². The molecule has 1 rings (SSSR count). The van der Waals surface area contributed by atoms with Gasteiger partial charge in [-0.3, -0.25) is 0 Å². The molecule has 0 unspecified atom stereocenters. The second kappa shape index (κ2) is 8.95. The highest BCUT2D eigenvalue weighted by molar-refractivity contribution is 8.00. The lowest BCUT2D eigenvalue weighted by atomic mass is 10.2. The fourth-order valence-corrected chi connectivity index (χ4v) is 1.54. The average molecular weight is 211 g/mol. The Morgan fingerprint density at radius 2 is 2.00 bits per heavy atom. The van der Waals surface area contributed by atoms with Crippen LogP contribution in [0.2, 0.25) is 0 Å². The van der Waals surface area contributed by atoms with Crippen molar-refractivity contribution in [2.24, 2.45) is 0 Å². The summed E-state index contributed by atoms with van der Waals surface area (Å²) in [5.74, 6) is 1.16. The largest absolute Gasteiger partial charge is 0.330 e. The average Bonchev–Trinajstić information content (AvgIpc) is 2.21. The zero-order valence-electron chi connectivity index (χ0n) is 9.63. The number of rotatable bonds is 4. The molecule has 0 amide bonds. The maximum atomic E-state index is 3.30. The molecule has 0 saturated heterocycles. The van der Waals surface area contributed by atoms with E-state index < -0.39 is 0 Å². The molecule has 0 aliphatic carbocycles. The molecule has 0 heterocycles. The molecule has 1 aromatic rings. The molecule has 0 saturated carbocycles. The van der Waals surface area contributed by atoms with Crippen molar-refractivity contribution >= 4 is 17.6 Å². The van der Waals surface area contributed by atoms with Gasteiger partial charge in [-0.2, -0.15) is 0 Å². The van der Waals surface area contributed by atoms with E-state index in [4.69, 9.17) is 0 Å². The van der Waals surface area contributed by atoms with Crippen LogP contribution in [0.3, 0.4) is 0 Å². The van der Waals surface area contributed by atoms with Gasteiger partial charge >= 0.3 is 0 Å². The van der Waals surface area contributed by atoms with Gasteiger partial charge in [-0.15, -0.1) is 0 Å². The van der Waals surface area contributed by atoms with Crippen molar-refractivity contribution in [1.29, 1.82) is 0 Å². The number of nitrogens with one attached hydrogen (secondary N) is 1. The quantitative estimate of drug-likeness (QED) is 0.581. The summed E-state index contributed by atoms with van der Waals surface area (Å²) in [6.45, 7) is 8.29. The molecule has 0 radical (unpaired) electrons. The van der Waals surface area contributed by atoms with E-state index in [0.29, 0.717) is 0 Å². The van der Waals surface area contributed by atoms with Crippen molar-refractivity contribution in [2.45, 2.75) is 34.1 Å². The van der Waals surface area contributed by atoms with E-state index in [2.05, 4.69) is 42.8 Å². The minimum absolute atomic E-state index is 1.16. The predicted octanol–water partition coefficient (Wildman–Crippen LogP) is 4.49. The van der Waals surface area contributed by atoms with Gasteiger partial charge < -0.3 is 4.72 Å². The van der Waals surface area contributed by atoms with E-state index in [0.717, 1.165) is 5.75 Å². The lowest BCUT2D eigenvalue weighted by Crippen LogP contribution is -1.88. The molecule has 80 valence electrons. The van der Waals surface area contributed by atoms with Gasteiger partial charge in [0, 0.05) is 11.4 Å². The summed E-state index contributed by atoms with van der Waals surface area (Å²) in [4.78, 5) is 0. The number of aryl methyl sites for hydroxylation is 1. The molecule has 1 nitrogen and oxygen atoms in total. The molecule has 0 spiro atoms. The third-order valence-corrected chi connectivity index (χ3v) is 2.51. The van der Waals surface area contributed by atoms with Gasteiger partial charge in [0.15, 0.2) is 0 Å². The standard InChI is InChI=1S/C10H15NS.C2H6/c1-3-7-12-11-10-6-4-5-9(2)8-10;1-2/h4-6,8,11H,3,7H2,1-2H3;1-2H3. The molecule has 0 aliphatic rings. The summed E-state index contributed by atoms with van der Waals surface area (Å²) in [7, 11) is 0. The van der Waals surface area contributed by atoms with Crippen LogP contribution in [0.4, 0.5) is 5.69 Å². The van der Waals surface area contributed by atoms with Crippen LogP contribution in [-0.2, 0) is 0 Å². The van der Waals surface area contributed by atoms with Crippen LogP contribution in [-0.4, -0.2) is 5.75 Å². The molecular formula is C12H21NS. The first-order valence-electron chi connectivity index (χ1n) is 5.27. The van der Waals surface area contributed by atoms with Gasteiger partial charge in [0.25, 0.3) is 0 Å². The van der Waals surface area contributed by atoms with Gasteiger partial charge in [0.05, 0.1) is 0 Å². The van der Waals surface area contributed by atoms with E-state index in [1.54, 1.807) is 11.9 Å². The van der Waals surface area contributed by atoms with Gasteiger partial charge in [0.2, 0.25) is 0 Å². The first-order chi connectivity index (χ1) is 6.83. The summed E-state index contributed by atoms with van der Waals surface area (Å²) in [5, 5.41) is 0. The second-order valence-electron chi connectivity index (χ2n) is 2.82. The Labute approximate surface area is 92.4 Å². The highest BCUT2D eigenvalue weighted by atomic mass is 32.2. The first-order valence-corrected chi connectivity index (χ1v) is 6.26. The van der Waals surface area contributed by atoms with Gasteiger partial charge in [-0.25, -0.2) is 0 Å². The molecule has 2 heteroatoms. The van der Waals surface area contributed by atoms with Crippen LogP contribution in [0.15, 0.2) is 24.3 Å². The van der Waals surface area contributed by atoms with Crippen LogP contribution in [0, 0.1) is 6.92 Å². The zero-order valence-corrected chi connectivity index (χ0v) is 10.4. The molecule has 14 heavy (non-hydrogen) atoms. The van der Waals surface area contributed by atoms with Crippen molar-refractivity contribution < 1.29 is 0 Å². The maximum absolute atomic E-state index is 3.30. The van der Waals surface area contributed by atoms with Crippen LogP contribution in [0.25, 0.3) is 0 Å². The lowest BCUT2D eigenvalue weighted by Gasteiger charge is -2.04. The van der Waals surface area contributed by atoms with Crippen molar-refractivity contribution in [3.8, 4) is 0 Å². The Bertz CT molecular complexity index is 236. The van der Waals surface area contributed by atoms with Crippen molar-refractivity contribution in [3.63, 3.8) is 0 Å². The van der Waals surface area contributed by atoms with Crippen molar-refractivity contribution in [1.82, 2.24) is 0 Å². The van der Waals surface area contributed by atoms with Crippen molar-refractivity contribution in [3.05, 3.63) is 29.8 Å². The minimum atomic E-state index is 1.16. The van der Waals surface area contributed by atoms with E-state index >= 15 is 0 Å². The molecule has 0 aromatic heterocycles. The Balaban J connectivity index is 0.000000791. The number of hydrogen-bond acceptors (Lipinski definition) is 2. The molecule has 1 aromatic carbocycles. The Morgan fingerprint density at radius 3 is 2.57 bits per heavy atom. The Kier molecular flexibility index (Phi) is 8.54. The Hall–Kier alpha value is -0.630. The molecule has 0 aliphatic heterocycles. The topological polar surface area (TPSA) is 12.0 Å². The summed E-state index contributed by atoms with van der Waals surface area (Å²) >= 11 is 1.77. The molecule has 0 fully saturated rings. The highest BCUT2D eigenvalue weighted by Crippen LogP contribution is 2.14. The van der Waals surface area contributed by atoms with Crippen LogP contribution in [0.1, 0.15) is 32.8 Å². The minimum Gasteiger partial charge on any atom is -0.330 e. The van der Waals surface area contributed by atoms with Gasteiger partial charge in [-0.1, -0.05) is 44.9 Å². The fraction of sp³-hybridized carbons (Fsp3) is 0.500. The van der Waals surface area contributed by atoms with E-state index in [1.807, 2.05) is 13.8 Å². The smallest absolute Gasteiger partial charge is 0.0442 e. The second-order valence-corrected chi connectivity index (χ2v) is 3.72. The SMILES string of the molecule is CC.CCCSNc1cccc(C)c1. The normalized spacial score (nSPS) is 8.86. The van der Waals surface area contributed by atoms with Gasteiger partial charge in [-0.05, 0) is 31.0 Å². The molecular weight excluding hydrogens is 190 g/mol. The zero-order chi connectivity index (χ0) is 10.8. The van der Waals surface area contributed by atoms with E-state index in [-0.39, 0.29) is 0 Å². The fourth-order valence-electron chi connectivity index (χ4n) is 0.945. The first kappa shape index (κ1) is 13.4. The molecule has 0 bridgehead atoms. The van der Waals surface area contributed by atoms with Crippen LogP contribution in [0.5, 0.6) is 0 Å². The monoisotopic (exact) mass is 211 g/mol. The summed E-state index contributed by atoms with van der Waals surface area (Å²) < 4.78 is 3.30. The van der Waals surface area contributed by atoms with E-state index in [1.165, 1.54) is 17.7 Å². The number of benzene rings is 1. The van der Waals surface area contributed by atoms with Crippen LogP contribution >= 0.6 is 11.9 Å². The van der Waals surface area contributed by atoms with Crippen LogP contribution < -0.4 is 4.72 Å². The third-order valence-electron chi connectivity index (χ3n) is 1.51. The number of anilines is 1. The van der Waals surface area contributed by atoms with Crippen molar-refractivity contribution in [2.75, 3.05) is 10.5 Å². The molecule has 1 N–H and O–H groups in total. The highest BCUT2D eigenvalue weighted by Gasteiger charge is 1.90. The summed E-state index contributed by atoms with van der Waals surface area (Å²) in [5.41, 5.74) is 2.51. The Morgan fingerprint density at radius 1 is 1.29 bits per heavy atom. The predicted molar refractivity (Wildman–Crippen MR) is 68.9 cm³/mol. The summed E-state index contributed by atoms with van der Waals surface area (Å²) in [6.07, 6.45) is 1.21. The molecule has 0 atom stereocenters. The lowest BCUT2D eigenvalue weighted by molar-refractivity contribution is 1.11. The van der Waals surface area contributed by atoms with Gasteiger partial charge in [0.1, 0.15) is 0 Å². The number of hydrogen-bond donors (Lipinski definition) is 1.